The first-order valence-corrected chi connectivity index (χ1v) is 4.82. The summed E-state index contributed by atoms with van der Waals surface area (Å²) in [6, 6.07) is 7.87. The molecule has 0 saturated heterocycles. The fraction of sp³-hybridized carbons (Fsp3) is 0.308. The Morgan fingerprint density at radius 3 is 2.57 bits per heavy atom. The molecule has 0 amide bonds. The van der Waals surface area contributed by atoms with Crippen molar-refractivity contribution in [2.45, 2.75) is 19.8 Å². The standard InChI is InChI=1S/C13H15O/c1-3-4-5-6-7-12-8-10-13(14-2)11-9-12/h7-11H,3-4H2,1-2H3. The zero-order valence-corrected chi connectivity index (χ0v) is 8.71. The molecule has 0 bridgehead atoms. The third kappa shape index (κ3) is 3.53. The van der Waals surface area contributed by atoms with Gasteiger partial charge in [0, 0.05) is 6.42 Å². The summed E-state index contributed by atoms with van der Waals surface area (Å²) in [7, 11) is 1.67. The molecule has 0 aliphatic carbocycles. The van der Waals surface area contributed by atoms with E-state index in [0.717, 1.165) is 24.2 Å². The maximum absolute atomic E-state index is 5.06. The summed E-state index contributed by atoms with van der Waals surface area (Å²) in [5, 5.41) is 0. The molecule has 1 aromatic carbocycles. The molecular weight excluding hydrogens is 172 g/mol. The first-order chi connectivity index (χ1) is 6.86. The van der Waals surface area contributed by atoms with Crippen LogP contribution in [0.15, 0.2) is 24.3 Å². The number of ether oxygens (including phenoxy) is 1. The van der Waals surface area contributed by atoms with Crippen LogP contribution in [0.3, 0.4) is 0 Å². The van der Waals surface area contributed by atoms with Gasteiger partial charge in [-0.05, 0) is 24.1 Å². The third-order valence-electron chi connectivity index (χ3n) is 1.83. The highest BCUT2D eigenvalue weighted by Crippen LogP contribution is 2.11. The molecule has 1 heteroatoms. The smallest absolute Gasteiger partial charge is 0.118 e. The van der Waals surface area contributed by atoms with Gasteiger partial charge >= 0.3 is 0 Å². The van der Waals surface area contributed by atoms with E-state index < -0.39 is 0 Å². The van der Waals surface area contributed by atoms with Gasteiger partial charge in [0.1, 0.15) is 5.75 Å². The lowest BCUT2D eigenvalue weighted by atomic mass is 10.1. The van der Waals surface area contributed by atoms with Crippen molar-refractivity contribution in [3.63, 3.8) is 0 Å². The van der Waals surface area contributed by atoms with Gasteiger partial charge in [-0.15, -0.1) is 5.92 Å². The highest BCUT2D eigenvalue weighted by molar-refractivity contribution is 5.36. The Morgan fingerprint density at radius 2 is 2.00 bits per heavy atom. The molecule has 0 atom stereocenters. The zero-order valence-electron chi connectivity index (χ0n) is 8.71. The average Bonchev–Trinajstić information content (AvgIpc) is 2.25. The Hall–Kier alpha value is -1.42. The lowest BCUT2D eigenvalue weighted by Crippen LogP contribution is -1.83. The van der Waals surface area contributed by atoms with Gasteiger partial charge in [-0.2, -0.15) is 0 Å². The predicted octanol–water partition coefficient (Wildman–Crippen LogP) is 3.05. The first kappa shape index (κ1) is 10.7. The number of hydrogen-bond acceptors (Lipinski definition) is 1. The minimum absolute atomic E-state index is 0.878. The van der Waals surface area contributed by atoms with E-state index in [-0.39, 0.29) is 0 Å². The summed E-state index contributed by atoms with van der Waals surface area (Å²) in [5.41, 5.74) is 1.12. The Morgan fingerprint density at radius 1 is 1.29 bits per heavy atom. The van der Waals surface area contributed by atoms with Crippen molar-refractivity contribution in [2.75, 3.05) is 7.11 Å². The van der Waals surface area contributed by atoms with Crippen molar-refractivity contribution >= 4 is 0 Å². The Kier molecular flexibility index (Phi) is 4.64. The summed E-state index contributed by atoms with van der Waals surface area (Å²) in [4.78, 5) is 0. The molecule has 1 aromatic rings. The summed E-state index contributed by atoms with van der Waals surface area (Å²) >= 11 is 0. The summed E-state index contributed by atoms with van der Waals surface area (Å²) in [5.74, 6) is 6.98. The number of benzene rings is 1. The van der Waals surface area contributed by atoms with Crippen LogP contribution in [0, 0.1) is 18.3 Å². The van der Waals surface area contributed by atoms with Gasteiger partial charge in [-0.1, -0.05) is 25.0 Å². The van der Waals surface area contributed by atoms with Gasteiger partial charge in [-0.3, -0.25) is 0 Å². The van der Waals surface area contributed by atoms with Gasteiger partial charge in [-0.25, -0.2) is 0 Å². The molecule has 0 heterocycles. The minimum atomic E-state index is 0.878. The van der Waals surface area contributed by atoms with Gasteiger partial charge in [0.2, 0.25) is 0 Å². The fourth-order valence-electron chi connectivity index (χ4n) is 1.03. The van der Waals surface area contributed by atoms with Crippen LogP contribution in [-0.4, -0.2) is 7.11 Å². The maximum atomic E-state index is 5.06. The highest BCUT2D eigenvalue weighted by Gasteiger charge is 1.91. The van der Waals surface area contributed by atoms with Crippen LogP contribution in [0.2, 0.25) is 0 Å². The molecule has 73 valence electrons. The molecule has 0 N–H and O–H groups in total. The quantitative estimate of drug-likeness (QED) is 0.661. The average molecular weight is 187 g/mol. The second-order valence-corrected chi connectivity index (χ2v) is 2.99. The second kappa shape index (κ2) is 6.10. The maximum Gasteiger partial charge on any atom is 0.118 e. The van der Waals surface area contributed by atoms with E-state index in [1.165, 1.54) is 0 Å². The van der Waals surface area contributed by atoms with Crippen LogP contribution in [0.1, 0.15) is 25.3 Å². The van der Waals surface area contributed by atoms with Gasteiger partial charge in [0.15, 0.2) is 0 Å². The second-order valence-electron chi connectivity index (χ2n) is 2.99. The highest BCUT2D eigenvalue weighted by atomic mass is 16.5. The van der Waals surface area contributed by atoms with Gasteiger partial charge in [0.25, 0.3) is 0 Å². The Balaban J connectivity index is 2.49. The van der Waals surface area contributed by atoms with Crippen LogP contribution >= 0.6 is 0 Å². The molecule has 0 saturated carbocycles. The topological polar surface area (TPSA) is 9.23 Å². The predicted molar refractivity (Wildman–Crippen MR) is 59.1 cm³/mol. The van der Waals surface area contributed by atoms with E-state index in [1.807, 2.05) is 30.7 Å². The normalized spacial score (nSPS) is 9.00. The molecule has 0 aromatic heterocycles. The SMILES string of the molecule is CCCC#C[CH]c1ccc(OC)cc1. The number of methoxy groups -OCH3 is 1. The van der Waals surface area contributed by atoms with E-state index in [0.29, 0.717) is 0 Å². The minimum Gasteiger partial charge on any atom is -0.497 e. The third-order valence-corrected chi connectivity index (χ3v) is 1.83. The largest absolute Gasteiger partial charge is 0.497 e. The van der Waals surface area contributed by atoms with Gasteiger partial charge < -0.3 is 4.74 Å². The number of hydrogen-bond donors (Lipinski definition) is 0. The van der Waals surface area contributed by atoms with Crippen LogP contribution < -0.4 is 4.74 Å². The summed E-state index contributed by atoms with van der Waals surface area (Å²) in [6.45, 7) is 2.13. The molecule has 1 nitrogen and oxygen atoms in total. The van der Waals surface area contributed by atoms with Gasteiger partial charge in [0.05, 0.1) is 13.5 Å². The first-order valence-electron chi connectivity index (χ1n) is 4.82. The lowest BCUT2D eigenvalue weighted by molar-refractivity contribution is 0.414. The molecule has 0 aliphatic heterocycles. The van der Waals surface area contributed by atoms with E-state index >= 15 is 0 Å². The molecule has 0 fully saturated rings. The van der Waals surface area contributed by atoms with E-state index in [1.54, 1.807) is 7.11 Å². The Bertz CT molecular complexity index is 313. The fourth-order valence-corrected chi connectivity index (χ4v) is 1.03. The van der Waals surface area contributed by atoms with Crippen molar-refractivity contribution in [3.8, 4) is 17.6 Å². The van der Waals surface area contributed by atoms with Crippen LogP contribution in [0.4, 0.5) is 0 Å². The van der Waals surface area contributed by atoms with Crippen LogP contribution in [0.25, 0.3) is 0 Å². The van der Waals surface area contributed by atoms with Crippen molar-refractivity contribution in [2.24, 2.45) is 0 Å². The van der Waals surface area contributed by atoms with E-state index in [2.05, 4.69) is 18.8 Å². The Labute approximate surface area is 86.1 Å². The molecule has 14 heavy (non-hydrogen) atoms. The molecular formula is C13H15O. The monoisotopic (exact) mass is 187 g/mol. The van der Waals surface area contributed by atoms with Crippen molar-refractivity contribution in [1.82, 2.24) is 0 Å². The van der Waals surface area contributed by atoms with Crippen LogP contribution in [-0.2, 0) is 0 Å². The van der Waals surface area contributed by atoms with Crippen LogP contribution in [0.5, 0.6) is 5.75 Å². The zero-order chi connectivity index (χ0) is 10.2. The van der Waals surface area contributed by atoms with Crippen molar-refractivity contribution in [3.05, 3.63) is 36.2 Å². The molecule has 1 radical (unpaired) electrons. The summed E-state index contributed by atoms with van der Waals surface area (Å²) in [6.07, 6.45) is 4.01. The molecule has 0 spiro atoms. The number of unbranched alkanes of at least 4 members (excludes halogenated alkanes) is 1. The summed E-state index contributed by atoms with van der Waals surface area (Å²) < 4.78 is 5.06. The van der Waals surface area contributed by atoms with E-state index in [4.69, 9.17) is 4.74 Å². The molecule has 0 unspecified atom stereocenters. The molecule has 0 aliphatic rings. The van der Waals surface area contributed by atoms with Crippen molar-refractivity contribution < 1.29 is 4.74 Å². The lowest BCUT2D eigenvalue weighted by Gasteiger charge is -1.99. The van der Waals surface area contributed by atoms with E-state index in [9.17, 15) is 0 Å². The molecule has 1 rings (SSSR count). The van der Waals surface area contributed by atoms with Crippen molar-refractivity contribution in [1.29, 1.82) is 0 Å². The number of rotatable bonds is 3.